The van der Waals surface area contributed by atoms with Crippen molar-refractivity contribution in [2.45, 2.75) is 13.3 Å². The highest BCUT2D eigenvalue weighted by atomic mass is 16.1. The number of nitrogens with zero attached hydrogens (tertiary/aromatic N) is 2. The first-order valence-corrected chi connectivity index (χ1v) is 4.76. The van der Waals surface area contributed by atoms with Gasteiger partial charge in [-0.2, -0.15) is 0 Å². The number of fused-ring (bicyclic) bond motifs is 1. The number of hydrogen-bond donors (Lipinski definition) is 1. The van der Waals surface area contributed by atoms with E-state index in [0.717, 1.165) is 17.5 Å². The van der Waals surface area contributed by atoms with Gasteiger partial charge in [-0.3, -0.25) is 14.8 Å². The largest absolute Gasteiger partial charge is 0.366 e. The normalized spacial score (nSPS) is 10.5. The first-order chi connectivity index (χ1) is 7.24. The molecule has 1 aromatic carbocycles. The number of nitrogens with two attached hydrogens (primary N) is 1. The van der Waals surface area contributed by atoms with Gasteiger partial charge in [0.25, 0.3) is 5.91 Å². The third kappa shape index (κ3) is 1.54. The smallest absolute Gasteiger partial charge is 0.250 e. The molecule has 4 heteroatoms. The van der Waals surface area contributed by atoms with E-state index >= 15 is 0 Å². The summed E-state index contributed by atoms with van der Waals surface area (Å²) in [7, 11) is 0. The van der Waals surface area contributed by atoms with E-state index in [-0.39, 0.29) is 0 Å². The number of hydrogen-bond acceptors (Lipinski definition) is 3. The van der Waals surface area contributed by atoms with Crippen LogP contribution in [0.3, 0.4) is 0 Å². The Morgan fingerprint density at radius 2 is 1.93 bits per heavy atom. The zero-order chi connectivity index (χ0) is 10.8. The van der Waals surface area contributed by atoms with Gasteiger partial charge in [0.15, 0.2) is 0 Å². The lowest BCUT2D eigenvalue weighted by Gasteiger charge is -2.05. The molecule has 0 bridgehead atoms. The summed E-state index contributed by atoms with van der Waals surface area (Å²) in [6.45, 7) is 2.04. The van der Waals surface area contributed by atoms with Crippen LogP contribution in [-0.2, 0) is 6.42 Å². The molecule has 0 spiro atoms. The van der Waals surface area contributed by atoms with Crippen molar-refractivity contribution in [3.05, 3.63) is 35.7 Å². The fraction of sp³-hybridized carbons (Fsp3) is 0.182. The Morgan fingerprint density at radius 1 is 1.27 bits per heavy atom. The number of carbonyl (C=O) groups excluding carboxylic acids is 1. The van der Waals surface area contributed by atoms with Crippen LogP contribution in [0.5, 0.6) is 0 Å². The van der Waals surface area contributed by atoms with Crippen LogP contribution in [0.1, 0.15) is 22.8 Å². The first-order valence-electron chi connectivity index (χ1n) is 4.76. The molecule has 0 aliphatic rings. The highest BCUT2D eigenvalue weighted by Crippen LogP contribution is 2.18. The van der Waals surface area contributed by atoms with Crippen molar-refractivity contribution in [1.29, 1.82) is 0 Å². The lowest BCUT2D eigenvalue weighted by Crippen LogP contribution is -2.12. The minimum atomic E-state index is -0.469. The zero-order valence-electron chi connectivity index (χ0n) is 8.40. The summed E-state index contributed by atoms with van der Waals surface area (Å²) in [5.74, 6) is -0.469. The Morgan fingerprint density at radius 3 is 2.53 bits per heavy atom. The molecule has 1 aromatic heterocycles. The van der Waals surface area contributed by atoms with Gasteiger partial charge in [0.2, 0.25) is 0 Å². The van der Waals surface area contributed by atoms with Crippen LogP contribution in [-0.4, -0.2) is 15.9 Å². The van der Waals surface area contributed by atoms with E-state index in [0.29, 0.717) is 11.1 Å². The summed E-state index contributed by atoms with van der Waals surface area (Å²) < 4.78 is 0. The van der Waals surface area contributed by atoms with Crippen LogP contribution in [0.2, 0.25) is 0 Å². The van der Waals surface area contributed by atoms with E-state index in [2.05, 4.69) is 9.97 Å². The third-order valence-corrected chi connectivity index (χ3v) is 2.36. The fourth-order valence-electron chi connectivity index (χ4n) is 1.60. The number of rotatable bonds is 2. The fourth-order valence-corrected chi connectivity index (χ4v) is 1.60. The highest BCUT2D eigenvalue weighted by molar-refractivity contribution is 6.04. The van der Waals surface area contributed by atoms with Gasteiger partial charge in [-0.05, 0) is 18.1 Å². The summed E-state index contributed by atoms with van der Waals surface area (Å²) in [5.41, 5.74) is 8.11. The minimum Gasteiger partial charge on any atom is -0.366 e. The monoisotopic (exact) mass is 201 g/mol. The van der Waals surface area contributed by atoms with Crippen molar-refractivity contribution in [2.75, 3.05) is 0 Å². The molecule has 0 atom stereocenters. The molecule has 76 valence electrons. The third-order valence-electron chi connectivity index (χ3n) is 2.36. The highest BCUT2D eigenvalue weighted by Gasteiger charge is 2.10. The number of aromatic nitrogens is 2. The number of benzene rings is 1. The Hall–Kier alpha value is -1.97. The van der Waals surface area contributed by atoms with Gasteiger partial charge in [-0.25, -0.2) is 0 Å². The molecule has 15 heavy (non-hydrogen) atoms. The molecule has 2 aromatic rings. The summed E-state index contributed by atoms with van der Waals surface area (Å²) in [4.78, 5) is 19.5. The predicted molar refractivity (Wildman–Crippen MR) is 57.4 cm³/mol. The number of amides is 1. The van der Waals surface area contributed by atoms with E-state index in [1.54, 1.807) is 18.5 Å². The lowest BCUT2D eigenvalue weighted by molar-refractivity contribution is 0.100. The summed E-state index contributed by atoms with van der Waals surface area (Å²) in [5, 5.41) is 0. The van der Waals surface area contributed by atoms with Gasteiger partial charge >= 0.3 is 0 Å². The van der Waals surface area contributed by atoms with E-state index in [1.807, 2.05) is 13.0 Å². The quantitative estimate of drug-likeness (QED) is 0.796. The molecule has 1 amide bonds. The number of carbonyl (C=O) groups is 1. The maximum Gasteiger partial charge on any atom is 0.250 e. The maximum absolute atomic E-state index is 11.2. The van der Waals surface area contributed by atoms with Crippen molar-refractivity contribution < 1.29 is 4.79 Å². The molecular weight excluding hydrogens is 190 g/mol. The second kappa shape index (κ2) is 3.65. The van der Waals surface area contributed by atoms with Crippen molar-refractivity contribution in [3.8, 4) is 0 Å². The van der Waals surface area contributed by atoms with Crippen LogP contribution in [0.4, 0.5) is 0 Å². The average molecular weight is 201 g/mol. The molecule has 4 nitrogen and oxygen atoms in total. The Kier molecular flexibility index (Phi) is 2.33. The molecule has 1 heterocycles. The lowest BCUT2D eigenvalue weighted by atomic mass is 10.1. The predicted octanol–water partition coefficient (Wildman–Crippen LogP) is 1.29. The second-order valence-corrected chi connectivity index (χ2v) is 3.24. The van der Waals surface area contributed by atoms with E-state index in [9.17, 15) is 4.79 Å². The van der Waals surface area contributed by atoms with Gasteiger partial charge in [0.05, 0.1) is 11.1 Å². The molecule has 0 aliphatic carbocycles. The standard InChI is InChI=1S/C11H11N3O/c1-2-7-3-4-8(11(12)15)10-9(7)13-5-6-14-10/h3-6H,2H2,1H3,(H2,12,15). The SMILES string of the molecule is CCc1ccc(C(N)=O)c2nccnc12. The van der Waals surface area contributed by atoms with Crippen molar-refractivity contribution in [3.63, 3.8) is 0 Å². The molecule has 0 saturated heterocycles. The van der Waals surface area contributed by atoms with Gasteiger partial charge < -0.3 is 5.73 Å². The van der Waals surface area contributed by atoms with Gasteiger partial charge in [0.1, 0.15) is 5.52 Å². The molecule has 0 radical (unpaired) electrons. The summed E-state index contributed by atoms with van der Waals surface area (Å²) >= 11 is 0. The molecule has 0 fully saturated rings. The van der Waals surface area contributed by atoms with Crippen LogP contribution in [0.25, 0.3) is 11.0 Å². The Labute approximate surface area is 87.1 Å². The maximum atomic E-state index is 11.2. The average Bonchev–Trinajstić information content (AvgIpc) is 2.27. The van der Waals surface area contributed by atoms with Crippen LogP contribution in [0.15, 0.2) is 24.5 Å². The number of primary amides is 1. The second-order valence-electron chi connectivity index (χ2n) is 3.24. The molecule has 2 N–H and O–H groups in total. The molecule has 0 saturated carbocycles. The van der Waals surface area contributed by atoms with Crippen molar-refractivity contribution >= 4 is 16.9 Å². The van der Waals surface area contributed by atoms with Crippen molar-refractivity contribution in [1.82, 2.24) is 9.97 Å². The molecule has 2 rings (SSSR count). The molecule has 0 unspecified atom stereocenters. The van der Waals surface area contributed by atoms with Gasteiger partial charge in [0, 0.05) is 12.4 Å². The first kappa shape index (κ1) is 9.58. The summed E-state index contributed by atoms with van der Waals surface area (Å²) in [6.07, 6.45) is 4.04. The van der Waals surface area contributed by atoms with Gasteiger partial charge in [-0.15, -0.1) is 0 Å². The van der Waals surface area contributed by atoms with Crippen LogP contribution < -0.4 is 5.73 Å². The van der Waals surface area contributed by atoms with E-state index < -0.39 is 5.91 Å². The van der Waals surface area contributed by atoms with Crippen LogP contribution >= 0.6 is 0 Å². The summed E-state index contributed by atoms with van der Waals surface area (Å²) in [6, 6.07) is 3.58. The van der Waals surface area contributed by atoms with E-state index in [4.69, 9.17) is 5.73 Å². The minimum absolute atomic E-state index is 0.426. The Bertz CT molecular complexity index is 522. The van der Waals surface area contributed by atoms with E-state index in [1.165, 1.54) is 0 Å². The van der Waals surface area contributed by atoms with Crippen molar-refractivity contribution in [2.24, 2.45) is 5.73 Å². The van der Waals surface area contributed by atoms with Gasteiger partial charge in [-0.1, -0.05) is 13.0 Å². The number of aryl methyl sites for hydroxylation is 1. The molecular formula is C11H11N3O. The zero-order valence-corrected chi connectivity index (χ0v) is 8.40. The topological polar surface area (TPSA) is 68.9 Å². The Balaban J connectivity index is 2.83. The van der Waals surface area contributed by atoms with Crippen LogP contribution in [0, 0.1) is 0 Å². The molecule has 0 aliphatic heterocycles.